The maximum absolute atomic E-state index is 12.0. The average molecular weight is 295 g/mol. The van der Waals surface area contributed by atoms with Gasteiger partial charge in [0.15, 0.2) is 10.9 Å². The van der Waals surface area contributed by atoms with Gasteiger partial charge in [0.05, 0.1) is 10.6 Å². The van der Waals surface area contributed by atoms with Crippen molar-refractivity contribution in [1.29, 1.82) is 0 Å². The molecule has 0 spiro atoms. The fraction of sp³-hybridized carbons (Fsp3) is 0.417. The van der Waals surface area contributed by atoms with Crippen molar-refractivity contribution < 1.29 is 4.79 Å². The normalized spacial score (nSPS) is 14.8. The van der Waals surface area contributed by atoms with Crippen molar-refractivity contribution in [2.45, 2.75) is 31.0 Å². The number of ketones is 1. The topological polar surface area (TPSA) is 67.8 Å². The lowest BCUT2D eigenvalue weighted by Crippen LogP contribution is -2.16. The number of hydrogen-bond acceptors (Lipinski definition) is 5. The van der Waals surface area contributed by atoms with Crippen LogP contribution >= 0.6 is 23.1 Å². The van der Waals surface area contributed by atoms with Crippen LogP contribution in [0.5, 0.6) is 0 Å². The van der Waals surface area contributed by atoms with Gasteiger partial charge in [0.25, 0.3) is 0 Å². The molecule has 5 nitrogen and oxygen atoms in total. The Hall–Kier alpha value is -1.34. The maximum atomic E-state index is 12.0. The van der Waals surface area contributed by atoms with Crippen LogP contribution in [0.15, 0.2) is 22.1 Å². The molecule has 2 aromatic rings. The Kier molecular flexibility index (Phi) is 3.32. The minimum atomic E-state index is -0.176. The van der Waals surface area contributed by atoms with E-state index in [4.69, 9.17) is 0 Å². The average Bonchev–Trinajstić information content (AvgIpc) is 3.02. The number of rotatable bonds is 5. The SMILES string of the molecule is Cc1ccc(C(=O)CSc2n[nH]c(=O)n2C2CC2)s1. The van der Waals surface area contributed by atoms with Crippen LogP contribution in [0.4, 0.5) is 0 Å². The molecule has 100 valence electrons. The molecule has 0 unspecified atom stereocenters. The third-order valence-corrected chi connectivity index (χ3v) is 4.93. The van der Waals surface area contributed by atoms with Crippen LogP contribution in [0, 0.1) is 6.92 Å². The van der Waals surface area contributed by atoms with E-state index in [9.17, 15) is 9.59 Å². The van der Waals surface area contributed by atoms with E-state index in [1.807, 2.05) is 19.1 Å². The summed E-state index contributed by atoms with van der Waals surface area (Å²) in [6.07, 6.45) is 2.04. The number of thiophene rings is 1. The van der Waals surface area contributed by atoms with Gasteiger partial charge in [-0.3, -0.25) is 9.36 Å². The van der Waals surface area contributed by atoms with E-state index in [1.165, 1.54) is 23.1 Å². The van der Waals surface area contributed by atoms with Crippen molar-refractivity contribution in [3.05, 3.63) is 32.4 Å². The second kappa shape index (κ2) is 4.97. The Bertz CT molecular complexity index is 667. The zero-order valence-electron chi connectivity index (χ0n) is 10.4. The van der Waals surface area contributed by atoms with Crippen LogP contribution < -0.4 is 5.69 Å². The van der Waals surface area contributed by atoms with Gasteiger partial charge in [-0.05, 0) is 31.9 Å². The summed E-state index contributed by atoms with van der Waals surface area (Å²) in [7, 11) is 0. The smallest absolute Gasteiger partial charge is 0.292 e. The van der Waals surface area contributed by atoms with Gasteiger partial charge in [-0.15, -0.1) is 16.4 Å². The first-order valence-corrected chi connectivity index (χ1v) is 7.84. The Labute approximate surface area is 118 Å². The van der Waals surface area contributed by atoms with Crippen LogP contribution in [-0.2, 0) is 0 Å². The maximum Gasteiger partial charge on any atom is 0.344 e. The molecule has 2 heterocycles. The van der Waals surface area contributed by atoms with Gasteiger partial charge in [0.1, 0.15) is 0 Å². The van der Waals surface area contributed by atoms with Crippen LogP contribution in [0.25, 0.3) is 0 Å². The Morgan fingerprint density at radius 1 is 1.58 bits per heavy atom. The Morgan fingerprint density at radius 3 is 3.00 bits per heavy atom. The number of carbonyl (C=O) groups is 1. The fourth-order valence-electron chi connectivity index (χ4n) is 1.83. The van der Waals surface area contributed by atoms with Crippen molar-refractivity contribution >= 4 is 28.9 Å². The number of hydrogen-bond donors (Lipinski definition) is 1. The highest BCUT2D eigenvalue weighted by Gasteiger charge is 2.28. The zero-order valence-corrected chi connectivity index (χ0v) is 12.0. The Balaban J connectivity index is 1.69. The quantitative estimate of drug-likeness (QED) is 0.678. The van der Waals surface area contributed by atoms with Crippen LogP contribution in [0.3, 0.4) is 0 Å². The van der Waals surface area contributed by atoms with E-state index in [0.717, 1.165) is 22.6 Å². The molecule has 1 aliphatic carbocycles. The standard InChI is InChI=1S/C12H13N3O2S2/c1-7-2-5-10(19-7)9(16)6-18-12-14-13-11(17)15(12)8-3-4-8/h2,5,8H,3-4,6H2,1H3,(H,13,17). The number of aromatic nitrogens is 3. The van der Waals surface area contributed by atoms with Gasteiger partial charge in [0.2, 0.25) is 0 Å². The van der Waals surface area contributed by atoms with E-state index < -0.39 is 0 Å². The molecule has 0 aliphatic heterocycles. The molecular formula is C12H13N3O2S2. The molecule has 0 atom stereocenters. The molecule has 0 amide bonds. The van der Waals surface area contributed by atoms with E-state index in [-0.39, 0.29) is 17.5 Å². The molecule has 2 aromatic heterocycles. The molecule has 7 heteroatoms. The molecule has 0 saturated heterocycles. The van der Waals surface area contributed by atoms with E-state index in [0.29, 0.717) is 10.9 Å². The van der Waals surface area contributed by atoms with Crippen LogP contribution in [-0.4, -0.2) is 26.3 Å². The number of aryl methyl sites for hydroxylation is 1. The highest BCUT2D eigenvalue weighted by molar-refractivity contribution is 7.99. The van der Waals surface area contributed by atoms with E-state index in [2.05, 4.69) is 10.2 Å². The monoisotopic (exact) mass is 295 g/mol. The molecule has 3 rings (SSSR count). The van der Waals surface area contributed by atoms with Crippen molar-refractivity contribution in [1.82, 2.24) is 14.8 Å². The van der Waals surface area contributed by atoms with Gasteiger partial charge in [-0.2, -0.15) is 0 Å². The molecule has 0 bridgehead atoms. The van der Waals surface area contributed by atoms with Crippen molar-refractivity contribution in [2.24, 2.45) is 0 Å². The second-order valence-electron chi connectivity index (χ2n) is 4.53. The molecule has 19 heavy (non-hydrogen) atoms. The second-order valence-corrected chi connectivity index (χ2v) is 6.77. The van der Waals surface area contributed by atoms with E-state index >= 15 is 0 Å². The summed E-state index contributed by atoms with van der Waals surface area (Å²) in [5.74, 6) is 0.401. The first-order valence-electron chi connectivity index (χ1n) is 6.04. The van der Waals surface area contributed by atoms with Gasteiger partial charge >= 0.3 is 5.69 Å². The minimum Gasteiger partial charge on any atom is -0.292 e. The van der Waals surface area contributed by atoms with Crippen molar-refractivity contribution in [3.63, 3.8) is 0 Å². The number of Topliss-reactive ketones (excluding diaryl/α,β-unsaturated/α-hetero) is 1. The van der Waals surface area contributed by atoms with Gasteiger partial charge < -0.3 is 0 Å². The lowest BCUT2D eigenvalue weighted by molar-refractivity contribution is 0.102. The molecule has 0 aromatic carbocycles. The molecule has 1 N–H and O–H groups in total. The molecular weight excluding hydrogens is 282 g/mol. The summed E-state index contributed by atoms with van der Waals surface area (Å²) in [4.78, 5) is 25.5. The lowest BCUT2D eigenvalue weighted by Gasteiger charge is -2.01. The molecule has 1 saturated carbocycles. The largest absolute Gasteiger partial charge is 0.344 e. The predicted molar refractivity (Wildman–Crippen MR) is 75.2 cm³/mol. The summed E-state index contributed by atoms with van der Waals surface area (Å²) in [6.45, 7) is 1.98. The minimum absolute atomic E-state index is 0.0842. The summed E-state index contributed by atoms with van der Waals surface area (Å²) in [5.41, 5.74) is -0.176. The number of aromatic amines is 1. The van der Waals surface area contributed by atoms with E-state index in [1.54, 1.807) is 4.57 Å². The van der Waals surface area contributed by atoms with Gasteiger partial charge in [-0.1, -0.05) is 11.8 Å². The highest BCUT2D eigenvalue weighted by Crippen LogP contribution is 2.36. The first-order chi connectivity index (χ1) is 9.15. The number of nitrogens with one attached hydrogen (secondary N) is 1. The zero-order chi connectivity index (χ0) is 13.4. The molecule has 0 radical (unpaired) electrons. The predicted octanol–water partition coefficient (Wildman–Crippen LogP) is 2.25. The first kappa shape index (κ1) is 12.7. The number of carbonyl (C=O) groups excluding carboxylic acids is 1. The van der Waals surface area contributed by atoms with Crippen molar-refractivity contribution in [2.75, 3.05) is 5.75 Å². The molecule has 1 fully saturated rings. The third kappa shape index (κ3) is 2.66. The highest BCUT2D eigenvalue weighted by atomic mass is 32.2. The summed E-state index contributed by atoms with van der Waals surface area (Å²) in [6, 6.07) is 4.06. The number of thioether (sulfide) groups is 1. The van der Waals surface area contributed by atoms with Crippen LogP contribution in [0.1, 0.15) is 33.4 Å². The number of nitrogens with zero attached hydrogens (tertiary/aromatic N) is 2. The lowest BCUT2D eigenvalue weighted by atomic mass is 10.3. The summed E-state index contributed by atoms with van der Waals surface area (Å²) >= 11 is 2.83. The fourth-order valence-corrected chi connectivity index (χ4v) is 3.63. The Morgan fingerprint density at radius 2 is 2.37 bits per heavy atom. The third-order valence-electron chi connectivity index (χ3n) is 2.93. The molecule has 1 aliphatic rings. The van der Waals surface area contributed by atoms with Crippen LogP contribution in [0.2, 0.25) is 0 Å². The van der Waals surface area contributed by atoms with Gasteiger partial charge in [-0.25, -0.2) is 9.89 Å². The van der Waals surface area contributed by atoms with Crippen molar-refractivity contribution in [3.8, 4) is 0 Å². The van der Waals surface area contributed by atoms with Gasteiger partial charge in [0, 0.05) is 10.9 Å². The summed E-state index contributed by atoms with van der Waals surface area (Å²) < 4.78 is 1.66. The summed E-state index contributed by atoms with van der Waals surface area (Å²) in [5, 5.41) is 7.06. The number of H-pyrrole nitrogens is 1.